The summed E-state index contributed by atoms with van der Waals surface area (Å²) in [4.78, 5) is 18.3. The quantitative estimate of drug-likeness (QED) is 0.785. The molecule has 2 amide bonds. The minimum absolute atomic E-state index is 0.150. The fourth-order valence-electron chi connectivity index (χ4n) is 2.33. The molecule has 0 bridgehead atoms. The van der Waals surface area contributed by atoms with Gasteiger partial charge >= 0.3 is 6.03 Å². The maximum Gasteiger partial charge on any atom is 0.326 e. The smallest absolute Gasteiger partial charge is 0.326 e. The molecule has 0 aliphatic carbocycles. The van der Waals surface area contributed by atoms with Crippen molar-refractivity contribution in [2.75, 3.05) is 11.4 Å². The van der Waals surface area contributed by atoms with Crippen molar-refractivity contribution >= 4 is 17.4 Å². The van der Waals surface area contributed by atoms with Gasteiger partial charge in [-0.05, 0) is 24.3 Å². The van der Waals surface area contributed by atoms with E-state index in [0.29, 0.717) is 13.1 Å². The first kappa shape index (κ1) is 14.8. The van der Waals surface area contributed by atoms with Crippen LogP contribution in [0.15, 0.2) is 79.4 Å². The van der Waals surface area contributed by atoms with Crippen LogP contribution < -0.4 is 10.2 Å². The molecule has 1 aromatic heterocycles. The van der Waals surface area contributed by atoms with E-state index in [0.717, 1.165) is 11.4 Å². The molecular weight excluding hydrogens is 288 g/mol. The topological polar surface area (TPSA) is 50.2 Å². The molecule has 0 aliphatic rings. The highest BCUT2D eigenvalue weighted by atomic mass is 16.2. The highest BCUT2D eigenvalue weighted by molar-refractivity contribution is 5.99. The number of nitrogens with zero attached hydrogens (tertiary/aromatic N) is 3. The van der Waals surface area contributed by atoms with Gasteiger partial charge in [0, 0.05) is 25.5 Å². The zero-order valence-corrected chi connectivity index (χ0v) is 12.7. The molecule has 0 aliphatic heterocycles. The lowest BCUT2D eigenvalue weighted by molar-refractivity contribution is 0.248. The third kappa shape index (κ3) is 3.77. The summed E-state index contributed by atoms with van der Waals surface area (Å²) in [5.74, 6) is 0. The molecule has 3 rings (SSSR count). The number of para-hydroxylation sites is 2. The Hall–Kier alpha value is -3.08. The molecule has 116 valence electrons. The zero-order chi connectivity index (χ0) is 15.9. The summed E-state index contributed by atoms with van der Waals surface area (Å²) < 4.78 is 1.93. The number of hydrogen-bond acceptors (Lipinski definition) is 2. The number of rotatable bonds is 5. The van der Waals surface area contributed by atoms with Crippen LogP contribution in [0.3, 0.4) is 0 Å². The average molecular weight is 306 g/mol. The fraction of sp³-hybridized carbons (Fsp3) is 0.111. The summed E-state index contributed by atoms with van der Waals surface area (Å²) in [5, 5.41) is 2.96. The highest BCUT2D eigenvalue weighted by Gasteiger charge is 2.16. The number of urea groups is 1. The van der Waals surface area contributed by atoms with Crippen LogP contribution in [0, 0.1) is 0 Å². The van der Waals surface area contributed by atoms with Crippen molar-refractivity contribution in [2.45, 2.75) is 6.54 Å². The van der Waals surface area contributed by atoms with Crippen LogP contribution in [-0.4, -0.2) is 22.1 Å². The third-order valence-corrected chi connectivity index (χ3v) is 3.44. The summed E-state index contributed by atoms with van der Waals surface area (Å²) in [6.07, 6.45) is 5.33. The first-order valence-corrected chi connectivity index (χ1v) is 7.48. The zero-order valence-electron chi connectivity index (χ0n) is 12.7. The van der Waals surface area contributed by atoms with Crippen molar-refractivity contribution in [3.8, 4) is 0 Å². The van der Waals surface area contributed by atoms with E-state index in [1.807, 2.05) is 71.4 Å². The van der Waals surface area contributed by atoms with Gasteiger partial charge in [-0.1, -0.05) is 36.4 Å². The predicted molar refractivity (Wildman–Crippen MR) is 90.6 cm³/mol. The van der Waals surface area contributed by atoms with Gasteiger partial charge in [-0.2, -0.15) is 0 Å². The molecule has 2 aromatic carbocycles. The monoisotopic (exact) mass is 306 g/mol. The van der Waals surface area contributed by atoms with Gasteiger partial charge in [0.05, 0.1) is 17.7 Å². The van der Waals surface area contributed by atoms with E-state index in [4.69, 9.17) is 0 Å². The first-order valence-electron chi connectivity index (χ1n) is 7.48. The molecular formula is C18H18N4O. The second-order valence-electron chi connectivity index (χ2n) is 5.04. The Labute approximate surface area is 135 Å². The van der Waals surface area contributed by atoms with Crippen LogP contribution in [0.1, 0.15) is 0 Å². The standard InChI is InChI=1S/C18H18N4O/c23-18(20-12-14-21-13-11-19-15-21)22(16-7-3-1-4-8-16)17-9-5-2-6-10-17/h1-11,13,15H,12,14H2,(H,20,23). The van der Waals surface area contributed by atoms with Crippen LogP contribution >= 0.6 is 0 Å². The Bertz CT molecular complexity index is 687. The van der Waals surface area contributed by atoms with Gasteiger partial charge in [-0.15, -0.1) is 0 Å². The van der Waals surface area contributed by atoms with Crippen molar-refractivity contribution in [2.24, 2.45) is 0 Å². The van der Waals surface area contributed by atoms with E-state index in [2.05, 4.69) is 10.3 Å². The third-order valence-electron chi connectivity index (χ3n) is 3.44. The van der Waals surface area contributed by atoms with Crippen molar-refractivity contribution in [3.05, 3.63) is 79.4 Å². The second-order valence-corrected chi connectivity index (χ2v) is 5.04. The fourth-order valence-corrected chi connectivity index (χ4v) is 2.33. The molecule has 0 unspecified atom stereocenters. The molecule has 0 radical (unpaired) electrons. The van der Waals surface area contributed by atoms with Gasteiger partial charge in [0.25, 0.3) is 0 Å². The van der Waals surface area contributed by atoms with Crippen molar-refractivity contribution in [3.63, 3.8) is 0 Å². The van der Waals surface area contributed by atoms with Gasteiger partial charge in [0.15, 0.2) is 0 Å². The number of nitrogens with one attached hydrogen (secondary N) is 1. The van der Waals surface area contributed by atoms with Crippen LogP contribution in [0.25, 0.3) is 0 Å². The van der Waals surface area contributed by atoms with E-state index in [1.54, 1.807) is 17.4 Å². The molecule has 1 N–H and O–H groups in total. The number of carbonyl (C=O) groups excluding carboxylic acids is 1. The Morgan fingerprint density at radius 2 is 1.61 bits per heavy atom. The first-order chi connectivity index (χ1) is 11.3. The summed E-state index contributed by atoms with van der Waals surface area (Å²) in [6.45, 7) is 1.22. The van der Waals surface area contributed by atoms with Crippen molar-refractivity contribution in [1.82, 2.24) is 14.9 Å². The molecule has 5 heteroatoms. The number of benzene rings is 2. The Morgan fingerprint density at radius 3 is 2.13 bits per heavy atom. The molecule has 0 saturated carbocycles. The Kier molecular flexibility index (Phi) is 4.69. The molecule has 0 saturated heterocycles. The largest absolute Gasteiger partial charge is 0.336 e. The molecule has 3 aromatic rings. The van der Waals surface area contributed by atoms with Crippen molar-refractivity contribution in [1.29, 1.82) is 0 Å². The number of hydrogen-bond donors (Lipinski definition) is 1. The lowest BCUT2D eigenvalue weighted by Crippen LogP contribution is -2.38. The van der Waals surface area contributed by atoms with E-state index in [-0.39, 0.29) is 6.03 Å². The maximum absolute atomic E-state index is 12.7. The van der Waals surface area contributed by atoms with E-state index in [1.165, 1.54) is 0 Å². The lowest BCUT2D eigenvalue weighted by Gasteiger charge is -2.23. The Balaban J connectivity index is 1.74. The van der Waals surface area contributed by atoms with E-state index < -0.39 is 0 Å². The molecule has 0 fully saturated rings. The average Bonchev–Trinajstić information content (AvgIpc) is 3.10. The Morgan fingerprint density at radius 1 is 1.00 bits per heavy atom. The SMILES string of the molecule is O=C(NCCn1ccnc1)N(c1ccccc1)c1ccccc1. The van der Waals surface area contributed by atoms with Crippen LogP contribution in [0.5, 0.6) is 0 Å². The minimum atomic E-state index is -0.150. The number of carbonyl (C=O) groups is 1. The summed E-state index contributed by atoms with van der Waals surface area (Å²) in [5.41, 5.74) is 1.66. The summed E-state index contributed by atoms with van der Waals surface area (Å²) in [7, 11) is 0. The van der Waals surface area contributed by atoms with Crippen molar-refractivity contribution < 1.29 is 4.79 Å². The molecule has 0 spiro atoms. The number of imidazole rings is 1. The second kappa shape index (κ2) is 7.26. The molecule has 0 atom stereocenters. The van der Waals surface area contributed by atoms with E-state index in [9.17, 15) is 4.79 Å². The minimum Gasteiger partial charge on any atom is -0.336 e. The van der Waals surface area contributed by atoms with Gasteiger partial charge in [-0.3, -0.25) is 4.90 Å². The van der Waals surface area contributed by atoms with Crippen LogP contribution in [0.2, 0.25) is 0 Å². The molecule has 5 nitrogen and oxygen atoms in total. The normalized spacial score (nSPS) is 10.3. The number of amides is 2. The van der Waals surface area contributed by atoms with Gasteiger partial charge in [0.2, 0.25) is 0 Å². The van der Waals surface area contributed by atoms with Gasteiger partial charge in [-0.25, -0.2) is 9.78 Å². The molecule has 23 heavy (non-hydrogen) atoms. The summed E-state index contributed by atoms with van der Waals surface area (Å²) >= 11 is 0. The lowest BCUT2D eigenvalue weighted by atomic mass is 10.2. The predicted octanol–water partition coefficient (Wildman–Crippen LogP) is 3.43. The number of aromatic nitrogens is 2. The number of anilines is 2. The van der Waals surface area contributed by atoms with Crippen LogP contribution in [0.4, 0.5) is 16.2 Å². The van der Waals surface area contributed by atoms with Gasteiger partial charge in [0.1, 0.15) is 0 Å². The van der Waals surface area contributed by atoms with Gasteiger partial charge < -0.3 is 9.88 Å². The maximum atomic E-state index is 12.7. The van der Waals surface area contributed by atoms with E-state index >= 15 is 0 Å². The molecule has 1 heterocycles. The summed E-state index contributed by atoms with van der Waals surface area (Å²) in [6, 6.07) is 19.1. The highest BCUT2D eigenvalue weighted by Crippen LogP contribution is 2.24. The van der Waals surface area contributed by atoms with Crippen LogP contribution in [-0.2, 0) is 6.54 Å².